The summed E-state index contributed by atoms with van der Waals surface area (Å²) in [5.41, 5.74) is 0.511. The highest BCUT2D eigenvalue weighted by Crippen LogP contribution is 2.31. The summed E-state index contributed by atoms with van der Waals surface area (Å²) in [5.74, 6) is 1.35. The molecule has 1 aliphatic rings. The molecule has 0 saturated heterocycles. The highest BCUT2D eigenvalue weighted by molar-refractivity contribution is 6.32. The molecule has 0 radical (unpaired) electrons. The summed E-state index contributed by atoms with van der Waals surface area (Å²) in [6, 6.07) is 11.0. The number of ether oxygens (including phenoxy) is 2. The molecule has 0 spiro atoms. The highest BCUT2D eigenvalue weighted by atomic mass is 35.5. The third-order valence-electron chi connectivity index (χ3n) is 3.88. The second-order valence-corrected chi connectivity index (χ2v) is 6.07. The van der Waals surface area contributed by atoms with Crippen molar-refractivity contribution in [2.75, 3.05) is 31.6 Å². The van der Waals surface area contributed by atoms with E-state index in [0.717, 1.165) is 18.0 Å². The number of anilines is 1. The van der Waals surface area contributed by atoms with E-state index in [1.165, 1.54) is 0 Å². The minimum absolute atomic E-state index is 0.121. The van der Waals surface area contributed by atoms with E-state index in [2.05, 4.69) is 10.3 Å². The number of hydrogen-bond donors (Lipinski definition) is 1. The van der Waals surface area contributed by atoms with Crippen LogP contribution >= 0.6 is 11.6 Å². The first-order chi connectivity index (χ1) is 12.2. The first-order valence-corrected chi connectivity index (χ1v) is 8.54. The van der Waals surface area contributed by atoms with Crippen LogP contribution in [-0.4, -0.2) is 48.1 Å². The predicted molar refractivity (Wildman–Crippen MR) is 96.3 cm³/mol. The van der Waals surface area contributed by atoms with Gasteiger partial charge in [-0.25, -0.2) is 4.98 Å². The van der Waals surface area contributed by atoms with Gasteiger partial charge in [0.05, 0.1) is 12.2 Å². The lowest BCUT2D eigenvalue weighted by Crippen LogP contribution is -2.43. The molecule has 2 heterocycles. The molecule has 132 valence electrons. The Hall–Kier alpha value is -2.31. The Bertz CT molecular complexity index is 741. The summed E-state index contributed by atoms with van der Waals surface area (Å²) in [5, 5.41) is 3.06. The van der Waals surface area contributed by atoms with Crippen molar-refractivity contribution in [3.05, 3.63) is 47.7 Å². The minimum atomic E-state index is -0.145. The normalized spacial score (nSPS) is 15.9. The van der Waals surface area contributed by atoms with E-state index in [1.807, 2.05) is 36.1 Å². The summed E-state index contributed by atoms with van der Waals surface area (Å²) in [4.78, 5) is 18.2. The monoisotopic (exact) mass is 361 g/mol. The van der Waals surface area contributed by atoms with Gasteiger partial charge < -0.3 is 14.8 Å². The van der Waals surface area contributed by atoms with Gasteiger partial charge in [0, 0.05) is 12.7 Å². The van der Waals surface area contributed by atoms with Gasteiger partial charge in [0.1, 0.15) is 12.7 Å². The molecule has 1 aliphatic heterocycles. The SMILES string of the molecule is CCN(CC(=O)Nc1cccnc1Cl)CC1COc2ccccc2O1. The third-order valence-corrected chi connectivity index (χ3v) is 4.18. The van der Waals surface area contributed by atoms with Crippen LogP contribution in [0.5, 0.6) is 11.5 Å². The lowest BCUT2D eigenvalue weighted by molar-refractivity contribution is -0.117. The minimum Gasteiger partial charge on any atom is -0.486 e. The van der Waals surface area contributed by atoms with Crippen LogP contribution < -0.4 is 14.8 Å². The van der Waals surface area contributed by atoms with E-state index in [0.29, 0.717) is 18.8 Å². The van der Waals surface area contributed by atoms with Gasteiger partial charge in [-0.05, 0) is 30.8 Å². The van der Waals surface area contributed by atoms with Crippen molar-refractivity contribution >= 4 is 23.2 Å². The second kappa shape index (κ2) is 8.18. The molecular weight excluding hydrogens is 342 g/mol. The maximum atomic E-state index is 12.3. The van der Waals surface area contributed by atoms with E-state index in [-0.39, 0.29) is 23.7 Å². The number of likely N-dealkylation sites (N-methyl/N-ethyl adjacent to an activating group) is 1. The number of nitrogens with one attached hydrogen (secondary N) is 1. The van der Waals surface area contributed by atoms with Crippen LogP contribution in [0.15, 0.2) is 42.6 Å². The molecular formula is C18H20ClN3O3. The van der Waals surface area contributed by atoms with E-state index < -0.39 is 0 Å². The second-order valence-electron chi connectivity index (χ2n) is 5.72. The first kappa shape index (κ1) is 17.5. The zero-order valence-electron chi connectivity index (χ0n) is 13.9. The number of benzene rings is 1. The van der Waals surface area contributed by atoms with Crippen LogP contribution in [0.1, 0.15) is 6.92 Å². The third kappa shape index (κ3) is 4.61. The number of para-hydroxylation sites is 2. The van der Waals surface area contributed by atoms with Gasteiger partial charge in [-0.15, -0.1) is 0 Å². The molecule has 2 aromatic rings. The molecule has 1 unspecified atom stereocenters. The van der Waals surface area contributed by atoms with Gasteiger partial charge in [-0.3, -0.25) is 9.69 Å². The standard InChI is InChI=1S/C18H20ClN3O3/c1-2-22(11-17(23)21-14-6-5-9-20-18(14)19)10-13-12-24-15-7-3-4-8-16(15)25-13/h3-9,13H,2,10-12H2,1H3,(H,21,23). The van der Waals surface area contributed by atoms with Crippen LogP contribution in [0.2, 0.25) is 5.15 Å². The predicted octanol–water partition coefficient (Wildman–Crippen LogP) is 2.84. The molecule has 1 N–H and O–H groups in total. The number of pyridine rings is 1. The van der Waals surface area contributed by atoms with E-state index in [9.17, 15) is 4.79 Å². The molecule has 1 aromatic carbocycles. The fourth-order valence-corrected chi connectivity index (χ4v) is 2.79. The van der Waals surface area contributed by atoms with Gasteiger partial charge >= 0.3 is 0 Å². The molecule has 7 heteroatoms. The van der Waals surface area contributed by atoms with Gasteiger partial charge in [-0.2, -0.15) is 0 Å². The number of nitrogens with zero attached hydrogens (tertiary/aromatic N) is 2. The Morgan fingerprint density at radius 3 is 2.88 bits per heavy atom. The van der Waals surface area contributed by atoms with Crippen LogP contribution in [0.3, 0.4) is 0 Å². The van der Waals surface area contributed by atoms with E-state index in [1.54, 1.807) is 18.3 Å². The molecule has 0 aliphatic carbocycles. The quantitative estimate of drug-likeness (QED) is 0.801. The number of amides is 1. The summed E-state index contributed by atoms with van der Waals surface area (Å²) >= 11 is 5.97. The number of rotatable bonds is 6. The average molecular weight is 362 g/mol. The molecule has 0 bridgehead atoms. The zero-order valence-corrected chi connectivity index (χ0v) is 14.7. The summed E-state index contributed by atoms with van der Waals surface area (Å²) < 4.78 is 11.7. The Labute approximate surface area is 151 Å². The van der Waals surface area contributed by atoms with Crippen molar-refractivity contribution < 1.29 is 14.3 Å². The van der Waals surface area contributed by atoms with Gasteiger partial charge in [-0.1, -0.05) is 30.7 Å². The molecule has 0 fully saturated rings. The fraction of sp³-hybridized carbons (Fsp3) is 0.333. The number of hydrogen-bond acceptors (Lipinski definition) is 5. The largest absolute Gasteiger partial charge is 0.486 e. The van der Waals surface area contributed by atoms with Crippen molar-refractivity contribution in [3.8, 4) is 11.5 Å². The average Bonchev–Trinajstić information content (AvgIpc) is 2.63. The molecule has 3 rings (SSSR count). The first-order valence-electron chi connectivity index (χ1n) is 8.17. The Balaban J connectivity index is 1.54. The van der Waals surface area contributed by atoms with Crippen molar-refractivity contribution in [1.82, 2.24) is 9.88 Å². The topological polar surface area (TPSA) is 63.7 Å². The molecule has 1 atom stereocenters. The molecule has 1 aromatic heterocycles. The van der Waals surface area contributed by atoms with Crippen LogP contribution in [0.4, 0.5) is 5.69 Å². The summed E-state index contributed by atoms with van der Waals surface area (Å²) in [6.45, 7) is 4.02. The van der Waals surface area contributed by atoms with Crippen molar-refractivity contribution in [2.45, 2.75) is 13.0 Å². The Morgan fingerprint density at radius 1 is 1.32 bits per heavy atom. The van der Waals surface area contributed by atoms with Crippen molar-refractivity contribution in [2.24, 2.45) is 0 Å². The lowest BCUT2D eigenvalue weighted by atomic mass is 10.2. The highest BCUT2D eigenvalue weighted by Gasteiger charge is 2.23. The fourth-order valence-electron chi connectivity index (χ4n) is 2.62. The van der Waals surface area contributed by atoms with Crippen LogP contribution in [0, 0.1) is 0 Å². The van der Waals surface area contributed by atoms with Crippen LogP contribution in [0.25, 0.3) is 0 Å². The molecule has 0 saturated carbocycles. The van der Waals surface area contributed by atoms with Gasteiger partial charge in [0.2, 0.25) is 5.91 Å². The smallest absolute Gasteiger partial charge is 0.238 e. The maximum Gasteiger partial charge on any atom is 0.238 e. The van der Waals surface area contributed by atoms with Gasteiger partial charge in [0.25, 0.3) is 0 Å². The van der Waals surface area contributed by atoms with Crippen molar-refractivity contribution in [3.63, 3.8) is 0 Å². The summed E-state index contributed by atoms with van der Waals surface area (Å²) in [7, 11) is 0. The molecule has 6 nitrogen and oxygen atoms in total. The zero-order chi connectivity index (χ0) is 17.6. The number of fused-ring (bicyclic) bond motifs is 1. The lowest BCUT2D eigenvalue weighted by Gasteiger charge is -2.30. The Morgan fingerprint density at radius 2 is 2.12 bits per heavy atom. The number of aromatic nitrogens is 1. The number of carbonyl (C=O) groups excluding carboxylic acids is 1. The number of carbonyl (C=O) groups is 1. The van der Waals surface area contributed by atoms with E-state index in [4.69, 9.17) is 21.1 Å². The maximum absolute atomic E-state index is 12.3. The Kier molecular flexibility index (Phi) is 5.73. The molecule has 1 amide bonds. The van der Waals surface area contributed by atoms with E-state index >= 15 is 0 Å². The van der Waals surface area contributed by atoms with Gasteiger partial charge in [0.15, 0.2) is 16.7 Å². The van der Waals surface area contributed by atoms with Crippen molar-refractivity contribution in [1.29, 1.82) is 0 Å². The van der Waals surface area contributed by atoms with Crippen LogP contribution in [-0.2, 0) is 4.79 Å². The summed E-state index contributed by atoms with van der Waals surface area (Å²) in [6.07, 6.45) is 1.46. The number of halogens is 1. The molecule has 25 heavy (non-hydrogen) atoms.